The molecule has 0 aliphatic carbocycles. The van der Waals surface area contributed by atoms with Gasteiger partial charge in [-0.25, -0.2) is 9.97 Å². The summed E-state index contributed by atoms with van der Waals surface area (Å²) in [6.45, 7) is 5.13. The van der Waals surface area contributed by atoms with E-state index in [-0.39, 0.29) is 0 Å². The fraction of sp³-hybridized carbons (Fsp3) is 0.182. The minimum absolute atomic E-state index is 0.645. The van der Waals surface area contributed by atoms with Crippen LogP contribution in [0.3, 0.4) is 0 Å². The molecule has 0 unspecified atom stereocenters. The van der Waals surface area contributed by atoms with Crippen LogP contribution in [0.15, 0.2) is 73.3 Å². The van der Waals surface area contributed by atoms with Crippen molar-refractivity contribution in [2.24, 2.45) is 0 Å². The summed E-state index contributed by atoms with van der Waals surface area (Å²) in [7, 11) is 1.69. The normalized spacial score (nSPS) is 10.3. The molecule has 1 heterocycles. The quantitative estimate of drug-likeness (QED) is 0.554. The third kappa shape index (κ3) is 5.07. The van der Waals surface area contributed by atoms with Gasteiger partial charge < -0.3 is 15.4 Å². The number of benzene rings is 2. The summed E-state index contributed by atoms with van der Waals surface area (Å²) < 4.78 is 5.42. The highest BCUT2D eigenvalue weighted by Crippen LogP contribution is 2.21. The maximum absolute atomic E-state index is 5.42. The van der Waals surface area contributed by atoms with Gasteiger partial charge in [0.05, 0.1) is 7.11 Å². The van der Waals surface area contributed by atoms with E-state index in [2.05, 4.69) is 33.2 Å². The van der Waals surface area contributed by atoms with E-state index < -0.39 is 0 Å². The molecule has 0 bridgehead atoms. The maximum atomic E-state index is 5.42. The van der Waals surface area contributed by atoms with Crippen LogP contribution in [-0.4, -0.2) is 30.2 Å². The summed E-state index contributed by atoms with van der Waals surface area (Å²) in [5.41, 5.74) is 2.14. The van der Waals surface area contributed by atoms with Gasteiger partial charge in [0.25, 0.3) is 0 Å². The Bertz CT molecular complexity index is 880. The summed E-state index contributed by atoms with van der Waals surface area (Å²) >= 11 is 0. The molecule has 0 spiro atoms. The Balaban J connectivity index is 1.76. The van der Waals surface area contributed by atoms with Crippen LogP contribution in [0.25, 0.3) is 11.4 Å². The molecule has 0 aliphatic rings. The lowest BCUT2D eigenvalue weighted by atomic mass is 10.1. The lowest BCUT2D eigenvalue weighted by molar-refractivity contribution is 0.410. The molecule has 0 radical (unpaired) electrons. The van der Waals surface area contributed by atoms with Crippen LogP contribution in [0.1, 0.15) is 5.56 Å². The van der Waals surface area contributed by atoms with Crippen molar-refractivity contribution < 1.29 is 4.74 Å². The van der Waals surface area contributed by atoms with E-state index in [0.29, 0.717) is 12.4 Å². The summed E-state index contributed by atoms with van der Waals surface area (Å²) in [5, 5.41) is 6.64. The second-order valence-electron chi connectivity index (χ2n) is 5.99. The van der Waals surface area contributed by atoms with Crippen LogP contribution in [0.5, 0.6) is 5.75 Å². The van der Waals surface area contributed by atoms with Gasteiger partial charge in [-0.3, -0.25) is 0 Å². The van der Waals surface area contributed by atoms with E-state index in [1.54, 1.807) is 13.2 Å². The molecule has 2 N–H and O–H groups in total. The van der Waals surface area contributed by atoms with Crippen molar-refractivity contribution in [2.75, 3.05) is 30.8 Å². The lowest BCUT2D eigenvalue weighted by Crippen LogP contribution is -2.10. The summed E-state index contributed by atoms with van der Waals surface area (Å²) in [4.78, 5) is 9.27. The number of nitrogens with one attached hydrogen (secondary N) is 2. The van der Waals surface area contributed by atoms with Crippen LogP contribution < -0.4 is 15.4 Å². The Hall–Kier alpha value is -3.34. The topological polar surface area (TPSA) is 59.1 Å². The third-order valence-electron chi connectivity index (χ3n) is 4.08. The molecule has 0 fully saturated rings. The monoisotopic (exact) mass is 360 g/mol. The highest BCUT2D eigenvalue weighted by Gasteiger charge is 2.07. The Morgan fingerprint density at radius 3 is 2.41 bits per heavy atom. The summed E-state index contributed by atoms with van der Waals surface area (Å²) in [6, 6.07) is 19.9. The molecule has 1 aromatic heterocycles. The van der Waals surface area contributed by atoms with Gasteiger partial charge >= 0.3 is 0 Å². The lowest BCUT2D eigenvalue weighted by Gasteiger charge is -2.12. The number of hydrogen-bond acceptors (Lipinski definition) is 5. The van der Waals surface area contributed by atoms with Gasteiger partial charge in [-0.05, 0) is 18.1 Å². The number of nitrogens with zero attached hydrogens (tertiary/aromatic N) is 2. The van der Waals surface area contributed by atoms with Crippen molar-refractivity contribution in [3.8, 4) is 17.1 Å². The number of hydrogen-bond donors (Lipinski definition) is 2. The van der Waals surface area contributed by atoms with Crippen molar-refractivity contribution in [1.82, 2.24) is 9.97 Å². The molecule has 0 saturated heterocycles. The molecule has 5 heteroatoms. The zero-order chi connectivity index (χ0) is 18.9. The first-order valence-corrected chi connectivity index (χ1v) is 8.95. The van der Waals surface area contributed by atoms with Gasteiger partial charge in [-0.15, -0.1) is 6.58 Å². The van der Waals surface area contributed by atoms with E-state index in [1.165, 1.54) is 0 Å². The van der Waals surface area contributed by atoms with Crippen molar-refractivity contribution in [3.05, 3.63) is 78.9 Å². The molecule has 27 heavy (non-hydrogen) atoms. The number of methoxy groups -OCH3 is 1. The number of anilines is 2. The highest BCUT2D eigenvalue weighted by atomic mass is 16.5. The van der Waals surface area contributed by atoms with E-state index in [0.717, 1.165) is 41.5 Å². The first kappa shape index (κ1) is 18.5. The fourth-order valence-corrected chi connectivity index (χ4v) is 2.76. The molecular weight excluding hydrogens is 336 g/mol. The fourth-order valence-electron chi connectivity index (χ4n) is 2.76. The standard InChI is InChI=1S/C22H24N4O/c1-3-14-23-20-16-21(26-22(25-20)18-10-5-4-6-11-18)24-15-13-17-9-7-8-12-19(17)27-2/h3-12,16H,1,13-15H2,2H3,(H2,23,24,25,26). The first-order chi connectivity index (χ1) is 13.3. The predicted molar refractivity (Wildman–Crippen MR) is 111 cm³/mol. The second-order valence-corrected chi connectivity index (χ2v) is 5.99. The minimum atomic E-state index is 0.645. The van der Waals surface area contributed by atoms with Gasteiger partial charge in [-0.1, -0.05) is 54.6 Å². The highest BCUT2D eigenvalue weighted by molar-refractivity contribution is 5.61. The predicted octanol–water partition coefficient (Wildman–Crippen LogP) is 4.40. The molecule has 5 nitrogen and oxygen atoms in total. The van der Waals surface area contributed by atoms with Gasteiger partial charge in [0.2, 0.25) is 0 Å². The van der Waals surface area contributed by atoms with Gasteiger partial charge in [0, 0.05) is 24.7 Å². The van der Waals surface area contributed by atoms with Crippen LogP contribution in [0.2, 0.25) is 0 Å². The molecular formula is C22H24N4O. The first-order valence-electron chi connectivity index (χ1n) is 8.95. The van der Waals surface area contributed by atoms with E-state index >= 15 is 0 Å². The Labute approximate surface area is 160 Å². The molecule has 3 aromatic rings. The van der Waals surface area contributed by atoms with Crippen molar-refractivity contribution >= 4 is 11.6 Å². The van der Waals surface area contributed by atoms with Crippen LogP contribution >= 0.6 is 0 Å². The third-order valence-corrected chi connectivity index (χ3v) is 4.08. The van der Waals surface area contributed by atoms with Crippen LogP contribution in [-0.2, 0) is 6.42 Å². The van der Waals surface area contributed by atoms with Crippen molar-refractivity contribution in [1.29, 1.82) is 0 Å². The maximum Gasteiger partial charge on any atom is 0.163 e. The zero-order valence-corrected chi connectivity index (χ0v) is 15.5. The largest absolute Gasteiger partial charge is 0.496 e. The summed E-state index contributed by atoms with van der Waals surface area (Å²) in [6.07, 6.45) is 2.64. The number of para-hydroxylation sites is 1. The van der Waals surface area contributed by atoms with E-state index in [9.17, 15) is 0 Å². The number of aromatic nitrogens is 2. The Morgan fingerprint density at radius 1 is 0.963 bits per heavy atom. The van der Waals surface area contributed by atoms with Crippen LogP contribution in [0, 0.1) is 0 Å². The van der Waals surface area contributed by atoms with Crippen LogP contribution in [0.4, 0.5) is 11.6 Å². The molecule has 138 valence electrons. The molecule has 0 amide bonds. The zero-order valence-electron chi connectivity index (χ0n) is 15.5. The Kier molecular flexibility index (Phi) is 6.41. The second kappa shape index (κ2) is 9.38. The van der Waals surface area contributed by atoms with E-state index in [1.807, 2.05) is 54.6 Å². The van der Waals surface area contributed by atoms with Gasteiger partial charge in [0.1, 0.15) is 17.4 Å². The number of rotatable bonds is 9. The van der Waals surface area contributed by atoms with Gasteiger partial charge in [0.15, 0.2) is 5.82 Å². The smallest absolute Gasteiger partial charge is 0.163 e. The van der Waals surface area contributed by atoms with Crippen molar-refractivity contribution in [2.45, 2.75) is 6.42 Å². The molecule has 3 rings (SSSR count). The molecule has 2 aromatic carbocycles. The SMILES string of the molecule is C=CCNc1cc(NCCc2ccccc2OC)nc(-c2ccccc2)n1. The van der Waals surface area contributed by atoms with E-state index in [4.69, 9.17) is 4.74 Å². The van der Waals surface area contributed by atoms with Gasteiger partial charge in [-0.2, -0.15) is 0 Å². The van der Waals surface area contributed by atoms with Crippen molar-refractivity contribution in [3.63, 3.8) is 0 Å². The number of ether oxygens (including phenoxy) is 1. The average molecular weight is 360 g/mol. The molecule has 0 aliphatic heterocycles. The average Bonchev–Trinajstić information content (AvgIpc) is 2.73. The minimum Gasteiger partial charge on any atom is -0.496 e. The molecule has 0 saturated carbocycles. The Morgan fingerprint density at radius 2 is 1.67 bits per heavy atom. The molecule has 0 atom stereocenters. The summed E-state index contributed by atoms with van der Waals surface area (Å²) in [5.74, 6) is 3.14.